The predicted molar refractivity (Wildman–Crippen MR) is 148 cm³/mol. The number of rotatable bonds is 12. The average Bonchev–Trinajstić information content (AvgIpc) is 2.88. The van der Waals surface area contributed by atoms with Crippen molar-refractivity contribution in [2.75, 3.05) is 58.7 Å². The zero-order chi connectivity index (χ0) is 29.6. The van der Waals surface area contributed by atoms with Crippen LogP contribution >= 0.6 is 23.2 Å². The SMILES string of the molecule is COc1cc(C(=O)O)cc(OCCCl)c1OC.COc1cc(NC(=O)OC(C)(C)C)cc(OCCCl)c1OC. The molecule has 11 nitrogen and oxygen atoms in total. The van der Waals surface area contributed by atoms with Crippen LogP contribution in [0.3, 0.4) is 0 Å². The summed E-state index contributed by atoms with van der Waals surface area (Å²) < 4.78 is 36.7. The standard InChI is InChI=1S/C15H22ClNO5.C11H13ClO5/c1-15(2,3)22-14(18)17-10-8-11(19-4)13(20-5)12(9-10)21-7-6-16;1-15-8-5-7(11(13)14)6-9(10(8)16-2)17-4-3-12/h8-9H,6-7H2,1-5H3,(H,17,18);5-6H,3-4H2,1-2H3,(H,13,14). The van der Waals surface area contributed by atoms with E-state index in [4.69, 9.17) is 61.5 Å². The van der Waals surface area contributed by atoms with Crippen LogP contribution in [-0.2, 0) is 4.74 Å². The van der Waals surface area contributed by atoms with Gasteiger partial charge in [-0.2, -0.15) is 0 Å². The smallest absolute Gasteiger partial charge is 0.412 e. The van der Waals surface area contributed by atoms with Gasteiger partial charge in [-0.3, -0.25) is 5.32 Å². The van der Waals surface area contributed by atoms with Crippen LogP contribution in [0.5, 0.6) is 34.5 Å². The number of halogens is 2. The average molecular weight is 592 g/mol. The maximum Gasteiger partial charge on any atom is 0.412 e. The molecule has 0 fully saturated rings. The minimum absolute atomic E-state index is 0.0622. The zero-order valence-electron chi connectivity index (χ0n) is 23.0. The fourth-order valence-electron chi connectivity index (χ4n) is 2.99. The second-order valence-corrected chi connectivity index (χ2v) is 9.18. The number of ether oxygens (including phenoxy) is 7. The highest BCUT2D eigenvalue weighted by Gasteiger charge is 2.19. The van der Waals surface area contributed by atoms with Gasteiger partial charge in [-0.1, -0.05) is 0 Å². The molecule has 0 aromatic heterocycles. The van der Waals surface area contributed by atoms with Gasteiger partial charge < -0.3 is 38.3 Å². The molecule has 2 aromatic carbocycles. The molecule has 13 heteroatoms. The van der Waals surface area contributed by atoms with Crippen LogP contribution < -0.4 is 33.7 Å². The van der Waals surface area contributed by atoms with E-state index in [9.17, 15) is 9.59 Å². The molecule has 0 unspecified atom stereocenters. The third-order valence-electron chi connectivity index (χ3n) is 4.45. The van der Waals surface area contributed by atoms with Crippen LogP contribution in [0.15, 0.2) is 24.3 Å². The van der Waals surface area contributed by atoms with E-state index in [0.29, 0.717) is 58.6 Å². The number of hydrogen-bond acceptors (Lipinski definition) is 9. The maximum absolute atomic E-state index is 11.8. The van der Waals surface area contributed by atoms with Crippen LogP contribution in [0.1, 0.15) is 31.1 Å². The zero-order valence-corrected chi connectivity index (χ0v) is 24.5. The summed E-state index contributed by atoms with van der Waals surface area (Å²) in [7, 11) is 5.88. The summed E-state index contributed by atoms with van der Waals surface area (Å²) in [6.45, 7) is 5.92. The fraction of sp³-hybridized carbons (Fsp3) is 0.462. The number of carboxylic acid groups (broad SMARTS) is 1. The van der Waals surface area contributed by atoms with Crippen LogP contribution in [0, 0.1) is 0 Å². The summed E-state index contributed by atoms with van der Waals surface area (Å²) in [5, 5.41) is 11.6. The van der Waals surface area contributed by atoms with E-state index < -0.39 is 17.7 Å². The predicted octanol–water partition coefficient (Wildman–Crippen LogP) is 5.69. The largest absolute Gasteiger partial charge is 0.493 e. The summed E-state index contributed by atoms with van der Waals surface area (Å²) in [6.07, 6.45) is -0.567. The molecule has 218 valence electrons. The monoisotopic (exact) mass is 591 g/mol. The summed E-state index contributed by atoms with van der Waals surface area (Å²) in [6, 6.07) is 5.99. The highest BCUT2D eigenvalue weighted by molar-refractivity contribution is 6.18. The number of nitrogens with one attached hydrogen (secondary N) is 1. The molecule has 0 saturated heterocycles. The molecular formula is C26H35Cl2NO10. The van der Waals surface area contributed by atoms with Gasteiger partial charge in [0.2, 0.25) is 11.5 Å². The third kappa shape index (κ3) is 11.1. The lowest BCUT2D eigenvalue weighted by molar-refractivity contribution is 0.0634. The Morgan fingerprint density at radius 1 is 0.769 bits per heavy atom. The second-order valence-electron chi connectivity index (χ2n) is 8.43. The summed E-state index contributed by atoms with van der Waals surface area (Å²) in [5.74, 6) is 1.79. The highest BCUT2D eigenvalue weighted by atomic mass is 35.5. The Bertz CT molecular complexity index is 1090. The van der Waals surface area contributed by atoms with Crippen molar-refractivity contribution in [1.82, 2.24) is 0 Å². The van der Waals surface area contributed by atoms with Crippen molar-refractivity contribution in [3.8, 4) is 34.5 Å². The molecule has 1 amide bonds. The topological polar surface area (TPSA) is 131 Å². The minimum Gasteiger partial charge on any atom is -0.493 e. The summed E-state index contributed by atoms with van der Waals surface area (Å²) >= 11 is 11.1. The number of anilines is 1. The van der Waals surface area contributed by atoms with E-state index in [1.54, 1.807) is 32.9 Å². The Hall–Kier alpha value is -3.44. The Morgan fingerprint density at radius 2 is 1.21 bits per heavy atom. The highest BCUT2D eigenvalue weighted by Crippen LogP contribution is 2.40. The van der Waals surface area contributed by atoms with Crippen molar-refractivity contribution in [2.24, 2.45) is 0 Å². The second kappa shape index (κ2) is 16.5. The van der Waals surface area contributed by atoms with Gasteiger partial charge in [0.1, 0.15) is 18.8 Å². The number of methoxy groups -OCH3 is 4. The Labute approximate surface area is 238 Å². The van der Waals surface area contributed by atoms with Gasteiger partial charge >= 0.3 is 12.1 Å². The van der Waals surface area contributed by atoms with Crippen LogP contribution in [0.4, 0.5) is 10.5 Å². The molecular weight excluding hydrogens is 557 g/mol. The molecule has 0 heterocycles. The molecule has 2 N–H and O–H groups in total. The first-order valence-corrected chi connectivity index (χ1v) is 12.6. The van der Waals surface area contributed by atoms with Gasteiger partial charge in [-0.25, -0.2) is 9.59 Å². The van der Waals surface area contributed by atoms with Crippen LogP contribution in [0.2, 0.25) is 0 Å². The molecule has 0 atom stereocenters. The van der Waals surface area contributed by atoms with Crippen LogP contribution in [0.25, 0.3) is 0 Å². The van der Waals surface area contributed by atoms with Gasteiger partial charge in [0.15, 0.2) is 23.0 Å². The van der Waals surface area contributed by atoms with Crippen LogP contribution in [-0.4, -0.2) is 76.2 Å². The van der Waals surface area contributed by atoms with E-state index in [1.807, 2.05) is 0 Å². The molecule has 0 bridgehead atoms. The van der Waals surface area contributed by atoms with Gasteiger partial charge in [-0.15, -0.1) is 23.2 Å². The van der Waals surface area contributed by atoms with Crippen molar-refractivity contribution in [1.29, 1.82) is 0 Å². The molecule has 2 aromatic rings. The Balaban J connectivity index is 0.000000403. The number of alkyl halides is 2. The number of amides is 1. The van der Waals surface area contributed by atoms with E-state index >= 15 is 0 Å². The number of carboxylic acids is 1. The lowest BCUT2D eigenvalue weighted by Crippen LogP contribution is -2.27. The van der Waals surface area contributed by atoms with Gasteiger partial charge in [0.05, 0.1) is 51.5 Å². The number of benzene rings is 2. The van der Waals surface area contributed by atoms with Gasteiger partial charge in [0, 0.05) is 12.1 Å². The molecule has 0 aliphatic rings. The first kappa shape index (κ1) is 33.6. The lowest BCUT2D eigenvalue weighted by Gasteiger charge is -2.20. The number of carbonyl (C=O) groups is 2. The first-order chi connectivity index (χ1) is 18.4. The van der Waals surface area contributed by atoms with Crippen molar-refractivity contribution in [2.45, 2.75) is 26.4 Å². The molecule has 0 radical (unpaired) electrons. The van der Waals surface area contributed by atoms with Gasteiger partial charge in [-0.05, 0) is 32.9 Å². The Kier molecular flexibility index (Phi) is 14.2. The molecule has 0 aliphatic carbocycles. The maximum atomic E-state index is 11.8. The quantitative estimate of drug-likeness (QED) is 0.297. The third-order valence-corrected chi connectivity index (χ3v) is 4.76. The first-order valence-electron chi connectivity index (χ1n) is 11.6. The number of carbonyl (C=O) groups excluding carboxylic acids is 1. The molecule has 39 heavy (non-hydrogen) atoms. The Morgan fingerprint density at radius 3 is 1.62 bits per heavy atom. The normalized spacial score (nSPS) is 10.4. The molecule has 2 rings (SSSR count). The lowest BCUT2D eigenvalue weighted by atomic mass is 10.2. The van der Waals surface area contributed by atoms with Crippen molar-refractivity contribution >= 4 is 41.0 Å². The van der Waals surface area contributed by atoms with Crippen molar-refractivity contribution in [3.63, 3.8) is 0 Å². The fourth-order valence-corrected chi connectivity index (χ4v) is 3.14. The van der Waals surface area contributed by atoms with Crippen molar-refractivity contribution < 1.29 is 47.9 Å². The van der Waals surface area contributed by atoms with Gasteiger partial charge in [0.25, 0.3) is 0 Å². The molecule has 0 aliphatic heterocycles. The minimum atomic E-state index is -1.07. The van der Waals surface area contributed by atoms with Crippen molar-refractivity contribution in [3.05, 3.63) is 29.8 Å². The van der Waals surface area contributed by atoms with E-state index in [2.05, 4.69) is 5.32 Å². The number of aromatic carboxylic acids is 1. The van der Waals surface area contributed by atoms with E-state index in [-0.39, 0.29) is 12.2 Å². The summed E-state index contributed by atoms with van der Waals surface area (Å²) in [5.41, 5.74) is -0.0535. The number of hydrogen-bond donors (Lipinski definition) is 2. The summed E-state index contributed by atoms with van der Waals surface area (Å²) in [4.78, 5) is 22.8. The molecule has 0 spiro atoms. The van der Waals surface area contributed by atoms with E-state index in [1.165, 1.54) is 40.6 Å². The molecule has 0 saturated carbocycles. The van der Waals surface area contributed by atoms with E-state index in [0.717, 1.165) is 0 Å².